The number of hydrogen-bond donors (Lipinski definition) is 1. The summed E-state index contributed by atoms with van der Waals surface area (Å²) in [5.74, 6) is 3.05. The topological polar surface area (TPSA) is 58.3 Å². The number of nitrogen functional groups attached to an aromatic ring is 1. The number of rotatable bonds is 5. The molecule has 2 N–H and O–H groups in total. The third-order valence-corrected chi connectivity index (χ3v) is 9.04. The molecule has 0 unspecified atom stereocenters. The molecule has 0 bridgehead atoms. The number of fused-ring (bicyclic) bond motifs is 2. The molecule has 4 rings (SSSR count). The highest BCUT2D eigenvalue weighted by atomic mass is 15.4. The quantitative estimate of drug-likeness (QED) is 0.607. The lowest BCUT2D eigenvalue weighted by Crippen LogP contribution is -2.45. The van der Waals surface area contributed by atoms with Gasteiger partial charge >= 0.3 is 0 Å². The number of nitrogens with two attached hydrogens (primary N) is 1. The predicted molar refractivity (Wildman–Crippen MR) is 131 cm³/mol. The molecular formula is C26H41N5. The van der Waals surface area contributed by atoms with Crippen LogP contribution in [0.4, 0.5) is 17.3 Å². The zero-order valence-electron chi connectivity index (χ0n) is 20.4. The van der Waals surface area contributed by atoms with Crippen molar-refractivity contribution in [2.45, 2.75) is 73.1 Å². The van der Waals surface area contributed by atoms with Crippen molar-refractivity contribution in [3.8, 4) is 0 Å². The molecule has 1 aliphatic heterocycles. The fraction of sp³-hybridized carbons (Fsp3) is 0.692. The predicted octanol–water partition coefficient (Wildman–Crippen LogP) is 5.80. The lowest BCUT2D eigenvalue weighted by atomic mass is 9.49. The van der Waals surface area contributed by atoms with Crippen molar-refractivity contribution < 1.29 is 0 Å². The SMILES string of the molecule is C/C(=C\CN1CN(C)c2ncnc(N)c21)CC[C@]1(C)C2=CCC[C@@H](C)[C@]2(C)CC[C@H]1C. The monoisotopic (exact) mass is 423 g/mol. The van der Waals surface area contributed by atoms with E-state index in [0.717, 1.165) is 43.0 Å². The van der Waals surface area contributed by atoms with Crippen LogP contribution in [0, 0.1) is 22.7 Å². The van der Waals surface area contributed by atoms with E-state index in [1.54, 1.807) is 11.9 Å². The molecule has 1 saturated carbocycles. The molecule has 31 heavy (non-hydrogen) atoms. The molecule has 0 spiro atoms. The molecule has 3 aliphatic rings. The lowest BCUT2D eigenvalue weighted by Gasteiger charge is -2.56. The van der Waals surface area contributed by atoms with Crippen molar-refractivity contribution in [3.05, 3.63) is 29.6 Å². The molecule has 5 heteroatoms. The zero-order valence-corrected chi connectivity index (χ0v) is 20.4. The Morgan fingerprint density at radius 1 is 1.23 bits per heavy atom. The van der Waals surface area contributed by atoms with E-state index in [2.05, 4.69) is 73.6 Å². The zero-order chi connectivity index (χ0) is 22.4. The average Bonchev–Trinajstić information content (AvgIpc) is 3.07. The summed E-state index contributed by atoms with van der Waals surface area (Å²) in [5, 5.41) is 0. The fourth-order valence-electron chi connectivity index (χ4n) is 6.38. The van der Waals surface area contributed by atoms with Gasteiger partial charge in [-0.25, -0.2) is 9.97 Å². The Bertz CT molecular complexity index is 890. The van der Waals surface area contributed by atoms with E-state index in [4.69, 9.17) is 5.73 Å². The highest BCUT2D eigenvalue weighted by Crippen LogP contribution is 2.61. The second-order valence-electron chi connectivity index (χ2n) is 10.9. The van der Waals surface area contributed by atoms with Crippen molar-refractivity contribution in [2.75, 3.05) is 35.8 Å². The van der Waals surface area contributed by atoms with Crippen LogP contribution >= 0.6 is 0 Å². The summed E-state index contributed by atoms with van der Waals surface area (Å²) in [6, 6.07) is 0. The van der Waals surface area contributed by atoms with Gasteiger partial charge in [0, 0.05) is 13.6 Å². The summed E-state index contributed by atoms with van der Waals surface area (Å²) in [7, 11) is 2.06. The van der Waals surface area contributed by atoms with Crippen LogP contribution in [0.5, 0.6) is 0 Å². The second-order valence-corrected chi connectivity index (χ2v) is 10.9. The van der Waals surface area contributed by atoms with E-state index in [1.165, 1.54) is 37.7 Å². The van der Waals surface area contributed by atoms with Crippen molar-refractivity contribution in [1.82, 2.24) is 9.97 Å². The molecule has 5 nitrogen and oxygen atoms in total. The van der Waals surface area contributed by atoms with Gasteiger partial charge in [-0.2, -0.15) is 0 Å². The van der Waals surface area contributed by atoms with Crippen molar-refractivity contribution >= 4 is 17.3 Å². The minimum atomic E-state index is 0.315. The van der Waals surface area contributed by atoms with Crippen LogP contribution in [0.15, 0.2) is 29.6 Å². The van der Waals surface area contributed by atoms with Gasteiger partial charge in [0.2, 0.25) is 0 Å². The Labute approximate surface area is 188 Å². The first-order valence-corrected chi connectivity index (χ1v) is 12.1. The van der Waals surface area contributed by atoms with Gasteiger partial charge in [-0.1, -0.05) is 51.0 Å². The third kappa shape index (κ3) is 3.74. The summed E-state index contributed by atoms with van der Waals surface area (Å²) >= 11 is 0. The maximum Gasteiger partial charge on any atom is 0.159 e. The fourth-order valence-corrected chi connectivity index (χ4v) is 6.38. The van der Waals surface area contributed by atoms with Crippen molar-refractivity contribution in [3.63, 3.8) is 0 Å². The van der Waals surface area contributed by atoms with Gasteiger partial charge in [-0.15, -0.1) is 0 Å². The van der Waals surface area contributed by atoms with Crippen LogP contribution in [0.1, 0.15) is 73.1 Å². The van der Waals surface area contributed by atoms with Gasteiger partial charge in [0.1, 0.15) is 12.0 Å². The minimum absolute atomic E-state index is 0.315. The van der Waals surface area contributed by atoms with Gasteiger partial charge in [0.15, 0.2) is 11.6 Å². The molecular weight excluding hydrogens is 382 g/mol. The first-order chi connectivity index (χ1) is 14.7. The van der Waals surface area contributed by atoms with Crippen molar-refractivity contribution in [2.24, 2.45) is 22.7 Å². The summed E-state index contributed by atoms with van der Waals surface area (Å²) in [5.41, 5.74) is 11.1. The maximum absolute atomic E-state index is 6.16. The third-order valence-electron chi connectivity index (χ3n) is 9.04. The number of allylic oxidation sites excluding steroid dienone is 3. The van der Waals surface area contributed by atoms with E-state index >= 15 is 0 Å². The molecule has 1 aromatic heterocycles. The Kier molecular flexibility index (Phi) is 5.82. The normalized spacial score (nSPS) is 33.2. The van der Waals surface area contributed by atoms with Gasteiger partial charge in [-0.3, -0.25) is 0 Å². The Morgan fingerprint density at radius 2 is 2.00 bits per heavy atom. The van der Waals surface area contributed by atoms with E-state index in [-0.39, 0.29) is 0 Å². The standard InChI is InChI=1S/C26H41N5/c1-18(12-15-31-17-30(6)24-22(31)23(27)28-16-29-24)10-13-25(4)20(3)11-14-26(5)19(2)8-7-9-21(25)26/h9,12,16,19-20H,7-8,10-11,13-15,17H2,1-6H3,(H2,27,28,29)/b18-12+/t19-,20-,25+,26+/m1/s1. The van der Waals surface area contributed by atoms with E-state index in [9.17, 15) is 0 Å². The highest BCUT2D eigenvalue weighted by molar-refractivity contribution is 5.81. The van der Waals surface area contributed by atoms with Gasteiger partial charge in [0.05, 0.1) is 6.67 Å². The summed E-state index contributed by atoms with van der Waals surface area (Å²) < 4.78 is 0. The molecule has 170 valence electrons. The summed E-state index contributed by atoms with van der Waals surface area (Å²) in [6.07, 6.45) is 14.3. The van der Waals surface area contributed by atoms with Crippen molar-refractivity contribution in [1.29, 1.82) is 0 Å². The Balaban J connectivity index is 1.46. The first-order valence-electron chi connectivity index (χ1n) is 12.1. The molecule has 1 aromatic rings. The lowest BCUT2D eigenvalue weighted by molar-refractivity contribution is 0.0617. The Morgan fingerprint density at radius 3 is 2.77 bits per heavy atom. The molecule has 2 heterocycles. The molecule has 4 atom stereocenters. The molecule has 0 amide bonds. The second kappa shape index (κ2) is 8.14. The summed E-state index contributed by atoms with van der Waals surface area (Å²) in [4.78, 5) is 13.0. The van der Waals surface area contributed by atoms with Crippen LogP contribution in [0.25, 0.3) is 0 Å². The van der Waals surface area contributed by atoms with E-state index < -0.39 is 0 Å². The van der Waals surface area contributed by atoms with Crippen LogP contribution in [0.2, 0.25) is 0 Å². The highest BCUT2D eigenvalue weighted by Gasteiger charge is 2.50. The largest absolute Gasteiger partial charge is 0.382 e. The molecule has 0 aromatic carbocycles. The smallest absolute Gasteiger partial charge is 0.159 e. The van der Waals surface area contributed by atoms with E-state index in [0.29, 0.717) is 16.6 Å². The first kappa shape index (κ1) is 22.2. The minimum Gasteiger partial charge on any atom is -0.382 e. The number of aromatic nitrogens is 2. The van der Waals surface area contributed by atoms with Crippen LogP contribution < -0.4 is 15.5 Å². The van der Waals surface area contributed by atoms with E-state index in [1.807, 2.05) is 0 Å². The molecule has 0 radical (unpaired) electrons. The van der Waals surface area contributed by atoms with Gasteiger partial charge in [0.25, 0.3) is 0 Å². The Hall–Kier alpha value is -2.04. The van der Waals surface area contributed by atoms with Crippen LogP contribution in [0.3, 0.4) is 0 Å². The molecule has 2 aliphatic carbocycles. The van der Waals surface area contributed by atoms with Gasteiger partial charge in [-0.05, 0) is 68.1 Å². The summed E-state index contributed by atoms with van der Waals surface area (Å²) in [6.45, 7) is 14.0. The number of nitrogens with zero attached hydrogens (tertiary/aromatic N) is 4. The number of hydrogen-bond acceptors (Lipinski definition) is 5. The molecule has 0 saturated heterocycles. The average molecular weight is 424 g/mol. The van der Waals surface area contributed by atoms with Crippen LogP contribution in [-0.4, -0.2) is 30.2 Å². The maximum atomic E-state index is 6.16. The number of anilines is 3. The van der Waals surface area contributed by atoms with Gasteiger partial charge < -0.3 is 15.5 Å². The molecule has 1 fully saturated rings. The van der Waals surface area contributed by atoms with Crippen LogP contribution in [-0.2, 0) is 0 Å².